The minimum Gasteiger partial charge on any atom is -0.495 e. The number of halogens is 1. The Morgan fingerprint density at radius 2 is 1.77 bits per heavy atom. The van der Waals surface area contributed by atoms with Gasteiger partial charge in [0.2, 0.25) is 10.0 Å². The maximum Gasteiger partial charge on any atom is 0.244 e. The third-order valence-electron chi connectivity index (χ3n) is 4.46. The highest BCUT2D eigenvalue weighted by molar-refractivity contribution is 7.92. The number of ether oxygens (including phenoxy) is 1. The van der Waals surface area contributed by atoms with Crippen LogP contribution in [0.5, 0.6) is 5.75 Å². The fourth-order valence-corrected chi connectivity index (χ4v) is 5.77. The predicted octanol–water partition coefficient (Wildman–Crippen LogP) is 3.23. The van der Waals surface area contributed by atoms with Gasteiger partial charge >= 0.3 is 0 Å². The van der Waals surface area contributed by atoms with Crippen molar-refractivity contribution >= 4 is 19.9 Å². The summed E-state index contributed by atoms with van der Waals surface area (Å²) in [7, 11) is -7.03. The van der Waals surface area contributed by atoms with Crippen LogP contribution >= 0.6 is 0 Å². The average Bonchev–Trinajstić information content (AvgIpc) is 3.22. The molecule has 30 heavy (non-hydrogen) atoms. The number of aryl methyl sites for hydroxylation is 1. The lowest BCUT2D eigenvalue weighted by molar-refractivity contribution is 0.400. The van der Waals surface area contributed by atoms with Crippen molar-refractivity contribution in [1.82, 2.24) is 4.72 Å². The summed E-state index contributed by atoms with van der Waals surface area (Å²) in [4.78, 5) is -0.409. The molecule has 0 aliphatic rings. The molecule has 0 saturated carbocycles. The summed E-state index contributed by atoms with van der Waals surface area (Å²) in [5, 5.41) is -1.33. The van der Waals surface area contributed by atoms with E-state index in [0.717, 1.165) is 17.7 Å². The number of rotatable bonds is 8. The van der Waals surface area contributed by atoms with Crippen molar-refractivity contribution in [2.75, 3.05) is 13.7 Å². The zero-order chi connectivity index (χ0) is 21.9. The third-order valence-corrected chi connectivity index (χ3v) is 7.98. The summed E-state index contributed by atoms with van der Waals surface area (Å²) < 4.78 is 78.0. The molecule has 0 aliphatic carbocycles. The molecule has 1 N–H and O–H groups in total. The van der Waals surface area contributed by atoms with E-state index in [1.54, 1.807) is 12.1 Å². The molecule has 0 spiro atoms. The van der Waals surface area contributed by atoms with Crippen LogP contribution in [0, 0.1) is 12.7 Å². The van der Waals surface area contributed by atoms with Gasteiger partial charge in [-0.3, -0.25) is 0 Å². The van der Waals surface area contributed by atoms with Crippen molar-refractivity contribution in [3.05, 3.63) is 78.0 Å². The molecule has 0 fully saturated rings. The topological polar surface area (TPSA) is 103 Å². The highest BCUT2D eigenvalue weighted by Gasteiger charge is 2.33. The summed E-state index contributed by atoms with van der Waals surface area (Å²) in [5.41, 5.74) is 0.877. The second kappa shape index (κ2) is 8.58. The summed E-state index contributed by atoms with van der Waals surface area (Å²) in [6.45, 7) is 1.30. The van der Waals surface area contributed by atoms with Crippen LogP contribution in [0.2, 0.25) is 0 Å². The summed E-state index contributed by atoms with van der Waals surface area (Å²) >= 11 is 0. The number of sulfone groups is 1. The molecule has 10 heteroatoms. The van der Waals surface area contributed by atoms with Crippen molar-refractivity contribution in [3.63, 3.8) is 0 Å². The van der Waals surface area contributed by atoms with Crippen molar-refractivity contribution < 1.29 is 30.4 Å². The van der Waals surface area contributed by atoms with E-state index in [0.29, 0.717) is 0 Å². The van der Waals surface area contributed by atoms with Gasteiger partial charge < -0.3 is 9.15 Å². The SMILES string of the molecule is COc1ccc(F)cc1S(=O)(=O)NCC(c1ccco1)S(=O)(=O)c1ccc(C)cc1. The molecular weight excluding hydrogens is 433 g/mol. The van der Waals surface area contributed by atoms with E-state index in [9.17, 15) is 21.2 Å². The first-order valence-electron chi connectivity index (χ1n) is 8.82. The molecule has 1 atom stereocenters. The first-order chi connectivity index (χ1) is 14.1. The van der Waals surface area contributed by atoms with Crippen LogP contribution in [0.3, 0.4) is 0 Å². The molecular formula is C20H20FNO6S2. The Morgan fingerprint density at radius 1 is 1.07 bits per heavy atom. The van der Waals surface area contributed by atoms with Crippen LogP contribution < -0.4 is 9.46 Å². The fraction of sp³-hybridized carbons (Fsp3) is 0.200. The van der Waals surface area contributed by atoms with Crippen LogP contribution in [0.25, 0.3) is 0 Å². The van der Waals surface area contributed by atoms with E-state index in [2.05, 4.69) is 4.72 Å². The minimum atomic E-state index is -4.28. The van der Waals surface area contributed by atoms with Gasteiger partial charge in [-0.05, 0) is 49.4 Å². The van der Waals surface area contributed by atoms with Gasteiger partial charge in [-0.15, -0.1) is 0 Å². The summed E-state index contributed by atoms with van der Waals surface area (Å²) in [6, 6.07) is 12.2. The number of sulfonamides is 1. The molecule has 0 radical (unpaired) electrons. The van der Waals surface area contributed by atoms with Gasteiger partial charge in [0, 0.05) is 6.54 Å². The van der Waals surface area contributed by atoms with E-state index in [4.69, 9.17) is 9.15 Å². The quantitative estimate of drug-likeness (QED) is 0.562. The largest absolute Gasteiger partial charge is 0.495 e. The molecule has 1 heterocycles. The Labute approximate surface area is 174 Å². The normalized spacial score (nSPS) is 13.2. The number of methoxy groups -OCH3 is 1. The number of hydrogen-bond donors (Lipinski definition) is 1. The van der Waals surface area contributed by atoms with E-state index >= 15 is 0 Å². The highest BCUT2D eigenvalue weighted by atomic mass is 32.2. The van der Waals surface area contributed by atoms with Gasteiger partial charge in [0.25, 0.3) is 0 Å². The Hall–Kier alpha value is -2.69. The molecule has 3 rings (SSSR count). The predicted molar refractivity (Wildman–Crippen MR) is 108 cm³/mol. The molecule has 7 nitrogen and oxygen atoms in total. The van der Waals surface area contributed by atoms with E-state index in [1.807, 2.05) is 6.92 Å². The van der Waals surface area contributed by atoms with E-state index < -0.39 is 42.4 Å². The highest BCUT2D eigenvalue weighted by Crippen LogP contribution is 2.30. The van der Waals surface area contributed by atoms with Crippen molar-refractivity contribution in [2.45, 2.75) is 22.0 Å². The number of hydrogen-bond acceptors (Lipinski definition) is 6. The monoisotopic (exact) mass is 453 g/mol. The zero-order valence-electron chi connectivity index (χ0n) is 16.2. The van der Waals surface area contributed by atoms with Gasteiger partial charge in [-0.25, -0.2) is 25.9 Å². The zero-order valence-corrected chi connectivity index (χ0v) is 17.8. The Balaban J connectivity index is 1.96. The lowest BCUT2D eigenvalue weighted by Crippen LogP contribution is -2.32. The van der Waals surface area contributed by atoms with Crippen LogP contribution in [-0.2, 0) is 19.9 Å². The van der Waals surface area contributed by atoms with Crippen molar-refractivity contribution in [3.8, 4) is 5.75 Å². The van der Waals surface area contributed by atoms with Crippen LogP contribution in [0.15, 0.2) is 75.1 Å². The number of nitrogens with one attached hydrogen (secondary N) is 1. The van der Waals surface area contributed by atoms with Gasteiger partial charge in [0.15, 0.2) is 9.84 Å². The van der Waals surface area contributed by atoms with Gasteiger partial charge in [0.05, 0.1) is 18.3 Å². The van der Waals surface area contributed by atoms with Gasteiger partial charge in [-0.1, -0.05) is 17.7 Å². The molecule has 1 aromatic heterocycles. The first-order valence-corrected chi connectivity index (χ1v) is 11.9. The fourth-order valence-electron chi connectivity index (χ4n) is 2.85. The standard InChI is InChI=1S/C20H20FNO6S2/c1-14-5-8-16(9-6-14)29(23,24)20(18-4-3-11-28-18)13-22-30(25,26)19-12-15(21)7-10-17(19)27-2/h3-12,20,22H,13H2,1-2H3. The van der Waals surface area contributed by atoms with E-state index in [-0.39, 0.29) is 16.4 Å². The molecule has 1 unspecified atom stereocenters. The minimum absolute atomic E-state index is 0.0250. The first kappa shape index (κ1) is 22.0. The average molecular weight is 454 g/mol. The maximum atomic E-state index is 13.6. The number of furan rings is 1. The molecule has 0 aliphatic heterocycles. The van der Waals surface area contributed by atoms with Crippen molar-refractivity contribution in [1.29, 1.82) is 0 Å². The molecule has 0 amide bonds. The second-order valence-electron chi connectivity index (χ2n) is 6.51. The van der Waals surface area contributed by atoms with E-state index in [1.165, 1.54) is 43.7 Å². The van der Waals surface area contributed by atoms with Crippen LogP contribution in [0.1, 0.15) is 16.6 Å². The molecule has 0 saturated heterocycles. The maximum absolute atomic E-state index is 13.6. The van der Waals surface area contributed by atoms with Gasteiger partial charge in [-0.2, -0.15) is 0 Å². The van der Waals surface area contributed by atoms with Gasteiger partial charge in [0.1, 0.15) is 27.5 Å². The Morgan fingerprint density at radius 3 is 2.37 bits per heavy atom. The Kier molecular flexibility index (Phi) is 6.30. The molecule has 2 aromatic carbocycles. The third kappa shape index (κ3) is 4.55. The Bertz CT molecular complexity index is 1220. The molecule has 3 aromatic rings. The number of benzene rings is 2. The lowest BCUT2D eigenvalue weighted by Gasteiger charge is -2.17. The molecule has 0 bridgehead atoms. The summed E-state index contributed by atoms with van der Waals surface area (Å²) in [6.07, 6.45) is 1.30. The molecule has 160 valence electrons. The van der Waals surface area contributed by atoms with Crippen LogP contribution in [0.4, 0.5) is 4.39 Å². The summed E-state index contributed by atoms with van der Waals surface area (Å²) in [5.74, 6) is -0.768. The lowest BCUT2D eigenvalue weighted by atomic mass is 10.2. The van der Waals surface area contributed by atoms with Crippen molar-refractivity contribution in [2.24, 2.45) is 0 Å². The smallest absolute Gasteiger partial charge is 0.244 e. The second-order valence-corrected chi connectivity index (χ2v) is 10.4. The van der Waals surface area contributed by atoms with Crippen LogP contribution in [-0.4, -0.2) is 30.5 Å².